The van der Waals surface area contributed by atoms with Gasteiger partial charge in [-0.1, -0.05) is 15.9 Å². The Balaban J connectivity index is 2.06. The van der Waals surface area contributed by atoms with Gasteiger partial charge in [-0.25, -0.2) is 9.97 Å². The molecule has 0 saturated carbocycles. The third-order valence-corrected chi connectivity index (χ3v) is 4.61. The number of nitrogens with one attached hydrogen (secondary N) is 1. The molecular formula is C16H15BrN4. The highest BCUT2D eigenvalue weighted by atomic mass is 79.9. The molecule has 3 aromatic rings. The van der Waals surface area contributed by atoms with E-state index in [1.54, 1.807) is 6.33 Å². The quantitative estimate of drug-likeness (QED) is 0.680. The lowest BCUT2D eigenvalue weighted by molar-refractivity contribution is 1.21. The lowest BCUT2D eigenvalue weighted by Gasteiger charge is -2.11. The molecule has 0 amide bonds. The first-order chi connectivity index (χ1) is 10.0. The summed E-state index contributed by atoms with van der Waals surface area (Å²) in [4.78, 5) is 8.59. The molecule has 2 aromatic carbocycles. The summed E-state index contributed by atoms with van der Waals surface area (Å²) >= 11 is 3.58. The summed E-state index contributed by atoms with van der Waals surface area (Å²) in [6, 6.07) is 9.81. The van der Waals surface area contributed by atoms with Crippen LogP contribution in [-0.4, -0.2) is 9.97 Å². The van der Waals surface area contributed by atoms with Crippen LogP contribution in [0, 0.1) is 13.8 Å². The van der Waals surface area contributed by atoms with Gasteiger partial charge >= 0.3 is 0 Å². The number of aryl methyl sites for hydroxylation is 2. The van der Waals surface area contributed by atoms with Crippen LogP contribution in [0.15, 0.2) is 41.1 Å². The molecule has 0 aliphatic heterocycles. The molecule has 0 aliphatic rings. The number of aromatic nitrogens is 2. The van der Waals surface area contributed by atoms with E-state index in [0.29, 0.717) is 5.69 Å². The fourth-order valence-corrected chi connectivity index (χ4v) is 2.56. The zero-order valence-corrected chi connectivity index (χ0v) is 13.4. The number of halogens is 1. The number of hydrogen-bond acceptors (Lipinski definition) is 4. The van der Waals surface area contributed by atoms with Crippen molar-refractivity contribution in [2.45, 2.75) is 13.8 Å². The number of nitrogens with zero attached hydrogens (tertiary/aromatic N) is 2. The Labute approximate surface area is 131 Å². The number of rotatable bonds is 2. The van der Waals surface area contributed by atoms with Gasteiger partial charge in [-0.2, -0.15) is 0 Å². The van der Waals surface area contributed by atoms with Gasteiger partial charge in [0.2, 0.25) is 0 Å². The minimum absolute atomic E-state index is 0.697. The smallest absolute Gasteiger partial charge is 0.141 e. The minimum Gasteiger partial charge on any atom is -0.399 e. The lowest BCUT2D eigenvalue weighted by atomic mass is 10.1. The first-order valence-corrected chi connectivity index (χ1v) is 7.38. The maximum absolute atomic E-state index is 5.80. The van der Waals surface area contributed by atoms with Gasteiger partial charge in [0, 0.05) is 21.2 Å². The SMILES string of the molecule is Cc1cc(Nc2ncnc3cc(N)ccc23)cc(C)c1Br. The molecule has 106 valence electrons. The number of fused-ring (bicyclic) bond motifs is 1. The van der Waals surface area contributed by atoms with Crippen molar-refractivity contribution in [3.05, 3.63) is 52.3 Å². The van der Waals surface area contributed by atoms with Gasteiger partial charge in [-0.05, 0) is 55.3 Å². The second kappa shape index (κ2) is 5.33. The molecule has 0 radical (unpaired) electrons. The van der Waals surface area contributed by atoms with E-state index in [0.717, 1.165) is 26.9 Å². The molecular weight excluding hydrogens is 328 g/mol. The number of anilines is 3. The van der Waals surface area contributed by atoms with E-state index in [9.17, 15) is 0 Å². The number of hydrogen-bond donors (Lipinski definition) is 2. The number of nitrogens with two attached hydrogens (primary N) is 1. The molecule has 0 spiro atoms. The van der Waals surface area contributed by atoms with Crippen LogP contribution in [0.5, 0.6) is 0 Å². The van der Waals surface area contributed by atoms with Gasteiger partial charge in [0.25, 0.3) is 0 Å². The molecule has 0 bridgehead atoms. The molecule has 3 rings (SSSR count). The predicted octanol–water partition coefficient (Wildman–Crippen LogP) is 4.33. The molecule has 4 nitrogen and oxygen atoms in total. The van der Waals surface area contributed by atoms with E-state index in [1.165, 1.54) is 11.1 Å². The van der Waals surface area contributed by atoms with Crippen LogP contribution in [0.1, 0.15) is 11.1 Å². The summed E-state index contributed by atoms with van der Waals surface area (Å²) in [7, 11) is 0. The van der Waals surface area contributed by atoms with Gasteiger partial charge < -0.3 is 11.1 Å². The molecule has 3 N–H and O–H groups in total. The summed E-state index contributed by atoms with van der Waals surface area (Å²) in [5, 5.41) is 4.31. The van der Waals surface area contributed by atoms with Crippen molar-refractivity contribution < 1.29 is 0 Å². The summed E-state index contributed by atoms with van der Waals surface area (Å²) in [5.74, 6) is 0.779. The molecule has 5 heteroatoms. The van der Waals surface area contributed by atoms with Crippen molar-refractivity contribution in [1.82, 2.24) is 9.97 Å². The minimum atomic E-state index is 0.697. The van der Waals surface area contributed by atoms with E-state index >= 15 is 0 Å². The number of benzene rings is 2. The van der Waals surface area contributed by atoms with E-state index in [-0.39, 0.29) is 0 Å². The van der Waals surface area contributed by atoms with Crippen molar-refractivity contribution in [3.8, 4) is 0 Å². The largest absolute Gasteiger partial charge is 0.399 e. The van der Waals surface area contributed by atoms with E-state index in [4.69, 9.17) is 5.73 Å². The van der Waals surface area contributed by atoms with Crippen LogP contribution in [0.2, 0.25) is 0 Å². The van der Waals surface area contributed by atoms with Crippen LogP contribution in [-0.2, 0) is 0 Å². The van der Waals surface area contributed by atoms with Crippen LogP contribution < -0.4 is 11.1 Å². The normalized spacial score (nSPS) is 10.8. The topological polar surface area (TPSA) is 63.8 Å². The first kappa shape index (κ1) is 13.8. The highest BCUT2D eigenvalue weighted by Gasteiger charge is 2.07. The third-order valence-electron chi connectivity index (χ3n) is 3.36. The average molecular weight is 343 g/mol. The predicted molar refractivity (Wildman–Crippen MR) is 90.8 cm³/mol. The molecule has 0 saturated heterocycles. The average Bonchev–Trinajstić information content (AvgIpc) is 2.44. The van der Waals surface area contributed by atoms with E-state index < -0.39 is 0 Å². The second-order valence-electron chi connectivity index (χ2n) is 5.05. The van der Waals surface area contributed by atoms with Gasteiger partial charge in [-0.15, -0.1) is 0 Å². The standard InChI is InChI=1S/C16H15BrN4/c1-9-5-12(6-10(2)15(9)17)21-16-13-4-3-11(18)7-14(13)19-8-20-16/h3-8H,18H2,1-2H3,(H,19,20,21). The summed E-state index contributed by atoms with van der Waals surface area (Å²) in [6.07, 6.45) is 1.54. The van der Waals surface area contributed by atoms with Crippen molar-refractivity contribution in [1.29, 1.82) is 0 Å². The Hall–Kier alpha value is -2.14. The molecule has 0 atom stereocenters. The Morgan fingerprint density at radius 2 is 1.76 bits per heavy atom. The maximum Gasteiger partial charge on any atom is 0.141 e. The van der Waals surface area contributed by atoms with Crippen molar-refractivity contribution in [2.75, 3.05) is 11.1 Å². The van der Waals surface area contributed by atoms with Gasteiger partial charge in [0.1, 0.15) is 12.1 Å². The van der Waals surface area contributed by atoms with Gasteiger partial charge in [-0.3, -0.25) is 0 Å². The fourth-order valence-electron chi connectivity index (χ4n) is 2.33. The van der Waals surface area contributed by atoms with Crippen LogP contribution >= 0.6 is 15.9 Å². The Kier molecular flexibility index (Phi) is 3.51. The van der Waals surface area contributed by atoms with E-state index in [1.807, 2.05) is 18.2 Å². The number of nitrogen functional groups attached to an aromatic ring is 1. The summed E-state index contributed by atoms with van der Waals surface area (Å²) in [5.41, 5.74) is 10.7. The zero-order chi connectivity index (χ0) is 15.0. The van der Waals surface area contributed by atoms with Crippen molar-refractivity contribution >= 4 is 44.0 Å². The molecule has 0 fully saturated rings. The monoisotopic (exact) mass is 342 g/mol. The summed E-state index contributed by atoms with van der Waals surface area (Å²) in [6.45, 7) is 4.14. The van der Waals surface area contributed by atoms with Crippen LogP contribution in [0.3, 0.4) is 0 Å². The molecule has 0 aliphatic carbocycles. The van der Waals surface area contributed by atoms with Crippen LogP contribution in [0.25, 0.3) is 10.9 Å². The maximum atomic E-state index is 5.80. The molecule has 0 unspecified atom stereocenters. The molecule has 1 aromatic heterocycles. The second-order valence-corrected chi connectivity index (χ2v) is 5.84. The fraction of sp³-hybridized carbons (Fsp3) is 0.125. The molecule has 21 heavy (non-hydrogen) atoms. The zero-order valence-electron chi connectivity index (χ0n) is 11.8. The Morgan fingerprint density at radius 3 is 2.48 bits per heavy atom. The lowest BCUT2D eigenvalue weighted by Crippen LogP contribution is -1.98. The van der Waals surface area contributed by atoms with Gasteiger partial charge in [0.15, 0.2) is 0 Å². The highest BCUT2D eigenvalue weighted by Crippen LogP contribution is 2.29. The Morgan fingerprint density at radius 1 is 1.05 bits per heavy atom. The highest BCUT2D eigenvalue weighted by molar-refractivity contribution is 9.10. The van der Waals surface area contributed by atoms with Crippen molar-refractivity contribution in [2.24, 2.45) is 0 Å². The van der Waals surface area contributed by atoms with E-state index in [2.05, 4.69) is 57.2 Å². The van der Waals surface area contributed by atoms with Gasteiger partial charge in [0.05, 0.1) is 5.52 Å². The third kappa shape index (κ3) is 2.69. The first-order valence-electron chi connectivity index (χ1n) is 6.58. The Bertz CT molecular complexity index is 807. The molecule has 1 heterocycles. The van der Waals surface area contributed by atoms with Crippen LogP contribution in [0.4, 0.5) is 17.2 Å². The van der Waals surface area contributed by atoms with Crippen molar-refractivity contribution in [3.63, 3.8) is 0 Å². The summed E-state index contributed by atoms with van der Waals surface area (Å²) < 4.78 is 1.13.